The zero-order chi connectivity index (χ0) is 17.5. The van der Waals surface area contributed by atoms with Crippen molar-refractivity contribution in [1.82, 2.24) is 4.98 Å². The van der Waals surface area contributed by atoms with Gasteiger partial charge in [-0.2, -0.15) is 0 Å². The van der Waals surface area contributed by atoms with Crippen LogP contribution in [0, 0.1) is 5.92 Å². The Bertz CT molecular complexity index is 713. The highest BCUT2D eigenvalue weighted by molar-refractivity contribution is 8.00. The molecule has 0 radical (unpaired) electrons. The molecule has 1 aliphatic carbocycles. The van der Waals surface area contributed by atoms with Crippen molar-refractivity contribution >= 4 is 45.7 Å². The molecule has 0 spiro atoms. The zero-order valence-corrected chi connectivity index (χ0v) is 15.5. The van der Waals surface area contributed by atoms with Crippen LogP contribution < -0.4 is 10.6 Å². The number of hydrogen-bond donors (Lipinski definition) is 2. The van der Waals surface area contributed by atoms with Gasteiger partial charge < -0.3 is 10.6 Å². The first kappa shape index (κ1) is 17.9. The van der Waals surface area contributed by atoms with Crippen molar-refractivity contribution in [2.24, 2.45) is 5.92 Å². The van der Waals surface area contributed by atoms with E-state index in [1.165, 1.54) is 29.5 Å². The Morgan fingerprint density at radius 2 is 2.04 bits per heavy atom. The highest BCUT2D eigenvalue weighted by Gasteiger charge is 2.21. The Morgan fingerprint density at radius 3 is 2.80 bits per heavy atom. The Balaban J connectivity index is 1.50. The van der Waals surface area contributed by atoms with E-state index in [0.29, 0.717) is 10.9 Å². The van der Waals surface area contributed by atoms with Crippen molar-refractivity contribution in [2.75, 3.05) is 16.4 Å². The summed E-state index contributed by atoms with van der Waals surface area (Å²) in [5, 5.41) is 8.21. The van der Waals surface area contributed by atoms with Crippen molar-refractivity contribution in [3.8, 4) is 0 Å². The lowest BCUT2D eigenvalue weighted by Crippen LogP contribution is -2.24. The third-order valence-electron chi connectivity index (χ3n) is 4.13. The number of thiazole rings is 1. The SMILES string of the molecule is O=C(CSc1cccc(NC(=O)C2CCCCC2)c1)Nc1nccs1. The van der Waals surface area contributed by atoms with Gasteiger partial charge in [-0.15, -0.1) is 23.1 Å². The second-order valence-corrected chi connectivity index (χ2v) is 7.97. The highest BCUT2D eigenvalue weighted by Crippen LogP contribution is 2.26. The fraction of sp³-hybridized carbons (Fsp3) is 0.389. The smallest absolute Gasteiger partial charge is 0.236 e. The molecular formula is C18H21N3O2S2. The quantitative estimate of drug-likeness (QED) is 0.735. The van der Waals surface area contributed by atoms with Crippen LogP contribution in [0.5, 0.6) is 0 Å². The molecule has 0 unspecified atom stereocenters. The van der Waals surface area contributed by atoms with Gasteiger partial charge in [0, 0.05) is 28.1 Å². The van der Waals surface area contributed by atoms with E-state index < -0.39 is 0 Å². The molecule has 2 N–H and O–H groups in total. The van der Waals surface area contributed by atoms with Crippen molar-refractivity contribution in [1.29, 1.82) is 0 Å². The molecule has 3 rings (SSSR count). The number of anilines is 2. The lowest BCUT2D eigenvalue weighted by Gasteiger charge is -2.20. The van der Waals surface area contributed by atoms with E-state index in [9.17, 15) is 9.59 Å². The van der Waals surface area contributed by atoms with E-state index in [2.05, 4.69) is 15.6 Å². The topological polar surface area (TPSA) is 71.1 Å². The van der Waals surface area contributed by atoms with Gasteiger partial charge in [0.15, 0.2) is 5.13 Å². The Kier molecular flexibility index (Phi) is 6.47. The van der Waals surface area contributed by atoms with Crippen LogP contribution in [0.2, 0.25) is 0 Å². The van der Waals surface area contributed by atoms with Crippen LogP contribution in [0.4, 0.5) is 10.8 Å². The normalized spacial score (nSPS) is 14.9. The Morgan fingerprint density at radius 1 is 1.20 bits per heavy atom. The fourth-order valence-corrected chi connectivity index (χ4v) is 4.16. The predicted octanol–water partition coefficient (Wildman–Crippen LogP) is 4.39. The summed E-state index contributed by atoms with van der Waals surface area (Å²) in [6.45, 7) is 0. The van der Waals surface area contributed by atoms with E-state index in [4.69, 9.17) is 0 Å². The summed E-state index contributed by atoms with van der Waals surface area (Å²) in [6.07, 6.45) is 7.14. The molecular weight excluding hydrogens is 354 g/mol. The minimum absolute atomic E-state index is 0.0865. The number of nitrogens with one attached hydrogen (secondary N) is 2. The minimum atomic E-state index is -0.0865. The average molecular weight is 376 g/mol. The highest BCUT2D eigenvalue weighted by atomic mass is 32.2. The molecule has 1 saturated carbocycles. The first-order valence-electron chi connectivity index (χ1n) is 8.44. The summed E-state index contributed by atoms with van der Waals surface area (Å²) >= 11 is 2.84. The van der Waals surface area contributed by atoms with Gasteiger partial charge in [0.05, 0.1) is 5.75 Å². The van der Waals surface area contributed by atoms with Crippen LogP contribution in [0.3, 0.4) is 0 Å². The van der Waals surface area contributed by atoms with Crippen LogP contribution in [-0.4, -0.2) is 22.6 Å². The number of amides is 2. The standard InChI is InChI=1S/C18H21N3O2S2/c22-16(21-18-19-9-10-24-18)12-25-15-8-4-7-14(11-15)20-17(23)13-5-2-1-3-6-13/h4,7-11,13H,1-3,5-6,12H2,(H,20,23)(H,19,21,22). The van der Waals surface area contributed by atoms with Crippen molar-refractivity contribution in [3.05, 3.63) is 35.8 Å². The van der Waals surface area contributed by atoms with E-state index in [-0.39, 0.29) is 17.7 Å². The first-order valence-corrected chi connectivity index (χ1v) is 10.3. The number of rotatable bonds is 6. The lowest BCUT2D eigenvalue weighted by atomic mass is 9.88. The summed E-state index contributed by atoms with van der Waals surface area (Å²) in [7, 11) is 0. The maximum Gasteiger partial charge on any atom is 0.236 e. The molecule has 1 heterocycles. The van der Waals surface area contributed by atoms with E-state index in [0.717, 1.165) is 36.3 Å². The third-order valence-corrected chi connectivity index (χ3v) is 5.81. The second kappa shape index (κ2) is 9.01. The molecule has 1 aromatic heterocycles. The van der Waals surface area contributed by atoms with Crippen LogP contribution in [0.1, 0.15) is 32.1 Å². The molecule has 2 amide bonds. The van der Waals surface area contributed by atoms with Crippen molar-refractivity contribution in [2.45, 2.75) is 37.0 Å². The average Bonchev–Trinajstić information content (AvgIpc) is 3.14. The zero-order valence-electron chi connectivity index (χ0n) is 13.9. The molecule has 2 aromatic rings. The molecule has 25 heavy (non-hydrogen) atoms. The van der Waals surface area contributed by atoms with Gasteiger partial charge >= 0.3 is 0 Å². The fourth-order valence-electron chi connectivity index (χ4n) is 2.86. The molecule has 7 heteroatoms. The second-order valence-electron chi connectivity index (χ2n) is 6.03. The number of carbonyl (C=O) groups excluding carboxylic acids is 2. The van der Waals surface area contributed by atoms with Gasteiger partial charge in [0.25, 0.3) is 0 Å². The molecule has 0 bridgehead atoms. The van der Waals surface area contributed by atoms with Gasteiger partial charge in [-0.1, -0.05) is 25.3 Å². The number of nitrogens with zero attached hydrogens (tertiary/aromatic N) is 1. The summed E-state index contributed by atoms with van der Waals surface area (Å²) in [5.74, 6) is 0.466. The summed E-state index contributed by atoms with van der Waals surface area (Å²) in [5.41, 5.74) is 0.793. The number of carbonyl (C=O) groups is 2. The molecule has 0 aliphatic heterocycles. The molecule has 5 nitrogen and oxygen atoms in total. The maximum absolute atomic E-state index is 12.3. The molecule has 1 aliphatic rings. The number of aromatic nitrogens is 1. The molecule has 132 valence electrons. The van der Waals surface area contributed by atoms with E-state index in [1.807, 2.05) is 29.6 Å². The van der Waals surface area contributed by atoms with Crippen molar-refractivity contribution < 1.29 is 9.59 Å². The Labute approximate surface area is 155 Å². The molecule has 0 atom stereocenters. The van der Waals surface area contributed by atoms with Crippen LogP contribution in [0.15, 0.2) is 40.7 Å². The van der Waals surface area contributed by atoms with Gasteiger partial charge in [0.1, 0.15) is 0 Å². The number of thioether (sulfide) groups is 1. The summed E-state index contributed by atoms with van der Waals surface area (Å²) < 4.78 is 0. The largest absolute Gasteiger partial charge is 0.326 e. The molecule has 0 saturated heterocycles. The van der Waals surface area contributed by atoms with Gasteiger partial charge in [0.2, 0.25) is 11.8 Å². The van der Waals surface area contributed by atoms with Gasteiger partial charge in [-0.05, 0) is 31.0 Å². The Hall–Kier alpha value is -1.86. The van der Waals surface area contributed by atoms with Gasteiger partial charge in [-0.25, -0.2) is 4.98 Å². The van der Waals surface area contributed by atoms with Crippen molar-refractivity contribution in [3.63, 3.8) is 0 Å². The van der Waals surface area contributed by atoms with Crippen LogP contribution in [0.25, 0.3) is 0 Å². The number of hydrogen-bond acceptors (Lipinski definition) is 5. The first-order chi connectivity index (χ1) is 12.2. The van der Waals surface area contributed by atoms with E-state index >= 15 is 0 Å². The third kappa shape index (κ3) is 5.57. The summed E-state index contributed by atoms with van der Waals surface area (Å²) in [4.78, 5) is 29.2. The van der Waals surface area contributed by atoms with Crippen LogP contribution >= 0.6 is 23.1 Å². The molecule has 1 aromatic carbocycles. The molecule has 1 fully saturated rings. The minimum Gasteiger partial charge on any atom is -0.326 e. The van der Waals surface area contributed by atoms with Gasteiger partial charge in [-0.3, -0.25) is 9.59 Å². The maximum atomic E-state index is 12.3. The number of benzene rings is 1. The van der Waals surface area contributed by atoms with E-state index in [1.54, 1.807) is 6.20 Å². The van der Waals surface area contributed by atoms with Crippen LogP contribution in [-0.2, 0) is 9.59 Å². The summed E-state index contributed by atoms with van der Waals surface area (Å²) in [6, 6.07) is 7.65. The lowest BCUT2D eigenvalue weighted by molar-refractivity contribution is -0.120. The monoisotopic (exact) mass is 375 g/mol. The predicted molar refractivity (Wildman–Crippen MR) is 103 cm³/mol.